The van der Waals surface area contributed by atoms with Crippen molar-refractivity contribution < 1.29 is 23.9 Å². The van der Waals surface area contributed by atoms with E-state index in [0.717, 1.165) is 47.6 Å². The maximum Gasteiger partial charge on any atom is 0.340 e. The van der Waals surface area contributed by atoms with Crippen LogP contribution in [0.1, 0.15) is 83.4 Å². The van der Waals surface area contributed by atoms with Gasteiger partial charge in [0.05, 0.1) is 35.2 Å². The summed E-state index contributed by atoms with van der Waals surface area (Å²) in [5, 5.41) is 3.37. The van der Waals surface area contributed by atoms with Crippen LogP contribution in [0.5, 0.6) is 0 Å². The molecular formula is C35H39N3O5. The number of hydrogen-bond acceptors (Lipinski definition) is 7. The minimum absolute atomic E-state index is 0.131. The zero-order valence-corrected chi connectivity index (χ0v) is 25.3. The standard InChI is InChI=1S/C35H39N3O5/c1-5-7-17-33-37-22-28(21-36-30-16-12-11-15-29(30)35(41)43-25(4)32(39)6-2)38(33)31-19-18-27(20-24(31)3)34(40)42-23-26-13-9-8-10-14-26/h8-16,18-20,22,25,36H,5-7,17,21,23H2,1-4H3. The van der Waals surface area contributed by atoms with Crippen molar-refractivity contribution in [3.63, 3.8) is 0 Å². The molecule has 0 aliphatic heterocycles. The minimum Gasteiger partial charge on any atom is -0.457 e. The van der Waals surface area contributed by atoms with Gasteiger partial charge in [-0.1, -0.05) is 62.7 Å². The predicted molar refractivity (Wildman–Crippen MR) is 166 cm³/mol. The number of para-hydroxylation sites is 1. The fourth-order valence-electron chi connectivity index (χ4n) is 4.78. The van der Waals surface area contributed by atoms with Crippen molar-refractivity contribution in [3.8, 4) is 5.69 Å². The van der Waals surface area contributed by atoms with Crippen molar-refractivity contribution in [2.75, 3.05) is 5.32 Å². The molecule has 1 atom stereocenters. The Balaban J connectivity index is 1.55. The summed E-state index contributed by atoms with van der Waals surface area (Å²) in [5.41, 5.74) is 5.08. The van der Waals surface area contributed by atoms with E-state index >= 15 is 0 Å². The summed E-state index contributed by atoms with van der Waals surface area (Å²) in [6, 6.07) is 22.2. The first-order chi connectivity index (χ1) is 20.8. The maximum absolute atomic E-state index is 12.9. The molecule has 1 heterocycles. The first-order valence-electron chi connectivity index (χ1n) is 14.8. The Labute approximate surface area is 253 Å². The molecular weight excluding hydrogens is 542 g/mol. The van der Waals surface area contributed by atoms with Gasteiger partial charge >= 0.3 is 11.9 Å². The first-order valence-corrected chi connectivity index (χ1v) is 14.8. The molecule has 1 aromatic heterocycles. The third-order valence-electron chi connectivity index (χ3n) is 7.24. The van der Waals surface area contributed by atoms with Crippen LogP contribution in [0.2, 0.25) is 0 Å². The molecule has 0 amide bonds. The Hall–Kier alpha value is -4.72. The molecule has 0 radical (unpaired) electrons. The van der Waals surface area contributed by atoms with E-state index in [-0.39, 0.29) is 18.4 Å². The van der Waals surface area contributed by atoms with Crippen LogP contribution in [0, 0.1) is 6.92 Å². The average Bonchev–Trinajstić information content (AvgIpc) is 3.43. The number of carbonyl (C=O) groups excluding carboxylic acids is 3. The molecule has 8 nitrogen and oxygen atoms in total. The number of hydrogen-bond donors (Lipinski definition) is 1. The van der Waals surface area contributed by atoms with Gasteiger partial charge in [0.25, 0.3) is 0 Å². The van der Waals surface area contributed by atoms with E-state index in [1.54, 1.807) is 32.0 Å². The highest BCUT2D eigenvalue weighted by Crippen LogP contribution is 2.24. The first kappa shape index (κ1) is 31.2. The summed E-state index contributed by atoms with van der Waals surface area (Å²) in [6.07, 6.45) is 4.13. The fraction of sp³-hybridized carbons (Fsp3) is 0.314. The summed E-state index contributed by atoms with van der Waals surface area (Å²) >= 11 is 0. The molecule has 224 valence electrons. The zero-order valence-electron chi connectivity index (χ0n) is 25.3. The second kappa shape index (κ2) is 15.0. The monoisotopic (exact) mass is 581 g/mol. The van der Waals surface area contributed by atoms with Gasteiger partial charge in [-0.15, -0.1) is 0 Å². The average molecular weight is 582 g/mol. The lowest BCUT2D eigenvalue weighted by Gasteiger charge is -2.18. The highest BCUT2D eigenvalue weighted by molar-refractivity contribution is 5.97. The number of ketones is 1. The molecule has 1 N–H and O–H groups in total. The second-order valence-corrected chi connectivity index (χ2v) is 10.4. The van der Waals surface area contributed by atoms with Crippen molar-refractivity contribution in [3.05, 3.63) is 113 Å². The molecule has 43 heavy (non-hydrogen) atoms. The van der Waals surface area contributed by atoms with Crippen LogP contribution < -0.4 is 5.32 Å². The van der Waals surface area contributed by atoms with Crippen LogP contribution in [0.3, 0.4) is 0 Å². The summed E-state index contributed by atoms with van der Waals surface area (Å²) in [7, 11) is 0. The van der Waals surface area contributed by atoms with Gasteiger partial charge in [0, 0.05) is 18.5 Å². The number of aromatic nitrogens is 2. The Kier molecular flexibility index (Phi) is 10.9. The van der Waals surface area contributed by atoms with Gasteiger partial charge in [-0.05, 0) is 61.7 Å². The Morgan fingerprint density at radius 2 is 1.70 bits per heavy atom. The Morgan fingerprint density at radius 1 is 0.953 bits per heavy atom. The highest BCUT2D eigenvalue weighted by atomic mass is 16.5. The molecule has 4 aromatic rings. The lowest BCUT2D eigenvalue weighted by Crippen LogP contribution is -2.24. The minimum atomic E-state index is -0.810. The number of carbonyl (C=O) groups is 3. The van der Waals surface area contributed by atoms with Gasteiger partial charge in [0.15, 0.2) is 11.9 Å². The van der Waals surface area contributed by atoms with Crippen LogP contribution in [0.25, 0.3) is 5.69 Å². The number of ether oxygens (including phenoxy) is 2. The predicted octanol–water partition coefficient (Wildman–Crippen LogP) is 7.02. The van der Waals surface area contributed by atoms with Gasteiger partial charge in [0.2, 0.25) is 0 Å². The van der Waals surface area contributed by atoms with Crippen LogP contribution in [0.4, 0.5) is 5.69 Å². The number of nitrogens with one attached hydrogen (secondary N) is 1. The molecule has 3 aromatic carbocycles. The normalized spacial score (nSPS) is 11.5. The highest BCUT2D eigenvalue weighted by Gasteiger charge is 2.21. The van der Waals surface area contributed by atoms with E-state index in [9.17, 15) is 14.4 Å². The van der Waals surface area contributed by atoms with Crippen molar-refractivity contribution in [1.29, 1.82) is 0 Å². The smallest absolute Gasteiger partial charge is 0.340 e. The lowest BCUT2D eigenvalue weighted by molar-refractivity contribution is -0.126. The van der Waals surface area contributed by atoms with Gasteiger partial charge in [-0.2, -0.15) is 0 Å². The molecule has 0 aliphatic rings. The summed E-state index contributed by atoms with van der Waals surface area (Å²) in [4.78, 5) is 42.4. The molecule has 0 spiro atoms. The van der Waals surface area contributed by atoms with Gasteiger partial charge in [-0.3, -0.25) is 9.36 Å². The number of unbranched alkanes of at least 4 members (excludes halogenated alkanes) is 1. The van der Waals surface area contributed by atoms with E-state index in [1.807, 2.05) is 67.7 Å². The Morgan fingerprint density at radius 3 is 2.42 bits per heavy atom. The molecule has 0 saturated heterocycles. The Bertz CT molecular complexity index is 1560. The number of nitrogens with zero attached hydrogens (tertiary/aromatic N) is 2. The molecule has 8 heteroatoms. The van der Waals surface area contributed by atoms with Crippen molar-refractivity contribution >= 4 is 23.4 Å². The molecule has 1 unspecified atom stereocenters. The zero-order chi connectivity index (χ0) is 30.8. The largest absolute Gasteiger partial charge is 0.457 e. The summed E-state index contributed by atoms with van der Waals surface area (Å²) in [6.45, 7) is 8.03. The number of esters is 2. The van der Waals surface area contributed by atoms with Crippen molar-refractivity contribution in [2.45, 2.75) is 72.6 Å². The summed E-state index contributed by atoms with van der Waals surface area (Å²) < 4.78 is 13.1. The van der Waals surface area contributed by atoms with Crippen molar-refractivity contribution in [1.82, 2.24) is 9.55 Å². The molecule has 0 aliphatic carbocycles. The van der Waals surface area contributed by atoms with E-state index < -0.39 is 12.1 Å². The van der Waals surface area contributed by atoms with Crippen molar-refractivity contribution in [2.24, 2.45) is 0 Å². The lowest BCUT2D eigenvalue weighted by atomic mass is 10.1. The van der Waals surface area contributed by atoms with Crippen LogP contribution in [0.15, 0.2) is 79.0 Å². The van der Waals surface area contributed by atoms with Gasteiger partial charge in [-0.25, -0.2) is 14.6 Å². The molecule has 4 rings (SSSR count). The third-order valence-corrected chi connectivity index (χ3v) is 7.24. The third kappa shape index (κ3) is 7.97. The quantitative estimate of drug-likeness (QED) is 0.160. The topological polar surface area (TPSA) is 99.5 Å². The number of Topliss-reactive ketones (excluding diaryl/α,β-unsaturated/α-hetero) is 1. The van der Waals surface area contributed by atoms with Crippen LogP contribution in [-0.4, -0.2) is 33.4 Å². The maximum atomic E-state index is 12.9. The van der Waals surface area contributed by atoms with Gasteiger partial charge < -0.3 is 14.8 Å². The molecule has 0 saturated carbocycles. The van der Waals surface area contributed by atoms with Crippen LogP contribution in [-0.2, 0) is 33.8 Å². The SMILES string of the molecule is CCCCc1ncc(CNc2ccccc2C(=O)OC(C)C(=O)CC)n1-c1ccc(C(=O)OCc2ccccc2)cc1C. The number of benzene rings is 3. The van der Waals surface area contributed by atoms with E-state index in [1.165, 1.54) is 0 Å². The molecule has 0 bridgehead atoms. The second-order valence-electron chi connectivity index (χ2n) is 10.4. The van der Waals surface area contributed by atoms with E-state index in [0.29, 0.717) is 29.8 Å². The van der Waals surface area contributed by atoms with Crippen LogP contribution >= 0.6 is 0 Å². The fourth-order valence-corrected chi connectivity index (χ4v) is 4.78. The van der Waals surface area contributed by atoms with Gasteiger partial charge in [0.1, 0.15) is 12.4 Å². The number of aryl methyl sites for hydroxylation is 2. The number of rotatable bonds is 14. The number of anilines is 1. The summed E-state index contributed by atoms with van der Waals surface area (Å²) in [5.74, 6) is -0.148. The van der Waals surface area contributed by atoms with E-state index in [2.05, 4.69) is 16.8 Å². The molecule has 0 fully saturated rings. The van der Waals surface area contributed by atoms with E-state index in [4.69, 9.17) is 14.5 Å². The number of imidazole rings is 1.